The largest absolute Gasteiger partial charge is 0.458 e. The van der Waals surface area contributed by atoms with Crippen molar-refractivity contribution in [3.8, 4) is 0 Å². The fourth-order valence-electron chi connectivity index (χ4n) is 2.85. The van der Waals surface area contributed by atoms with Gasteiger partial charge < -0.3 is 8.83 Å². The van der Waals surface area contributed by atoms with Gasteiger partial charge in [-0.25, -0.2) is 0 Å². The van der Waals surface area contributed by atoms with E-state index in [1.165, 1.54) is 0 Å². The fraction of sp³-hybridized carbons (Fsp3) is 0.238. The van der Waals surface area contributed by atoms with Crippen molar-refractivity contribution in [3.05, 3.63) is 83.2 Å². The normalized spacial score (nSPS) is 11.0. The second kappa shape index (κ2) is 7.34. The first kappa shape index (κ1) is 17.0. The molecule has 4 heteroatoms. The number of carbonyl (C=O) groups is 2. The summed E-state index contributed by atoms with van der Waals surface area (Å²) in [6, 6.07) is 16.5. The number of furan rings is 2. The molecule has 0 aliphatic heterocycles. The Morgan fingerprint density at radius 3 is 1.64 bits per heavy atom. The number of benzene rings is 1. The van der Waals surface area contributed by atoms with E-state index in [2.05, 4.69) is 0 Å². The molecular formula is C21H20O4. The predicted octanol–water partition coefficient (Wildman–Crippen LogP) is 5.12. The molecule has 0 spiro atoms. The van der Waals surface area contributed by atoms with Crippen LogP contribution in [0.1, 0.15) is 57.0 Å². The highest BCUT2D eigenvalue weighted by atomic mass is 16.4. The SMILES string of the molecule is Cc1ccc(C(=O)CC(CC(=O)c2ccc(C)o2)c2ccccc2)o1. The Morgan fingerprint density at radius 2 is 1.24 bits per heavy atom. The molecule has 0 saturated heterocycles. The van der Waals surface area contributed by atoms with E-state index in [9.17, 15) is 9.59 Å². The zero-order valence-electron chi connectivity index (χ0n) is 14.3. The van der Waals surface area contributed by atoms with Crippen LogP contribution < -0.4 is 0 Å². The molecule has 0 unspecified atom stereocenters. The maximum absolute atomic E-state index is 12.5. The van der Waals surface area contributed by atoms with Crippen molar-refractivity contribution in [1.82, 2.24) is 0 Å². The molecule has 3 aromatic rings. The van der Waals surface area contributed by atoms with Gasteiger partial charge in [0.1, 0.15) is 11.5 Å². The number of aryl methyl sites for hydroxylation is 2. The summed E-state index contributed by atoms with van der Waals surface area (Å²) in [5.74, 6) is 1.62. The maximum Gasteiger partial charge on any atom is 0.198 e. The van der Waals surface area contributed by atoms with Crippen LogP contribution in [-0.2, 0) is 0 Å². The number of Topliss-reactive ketones (excluding diaryl/α,β-unsaturated/α-hetero) is 2. The van der Waals surface area contributed by atoms with Gasteiger partial charge in [0.25, 0.3) is 0 Å². The molecule has 0 aliphatic rings. The minimum Gasteiger partial charge on any atom is -0.458 e. The van der Waals surface area contributed by atoms with E-state index >= 15 is 0 Å². The molecule has 0 radical (unpaired) electrons. The molecule has 0 bridgehead atoms. The number of ketones is 2. The Hall–Kier alpha value is -2.88. The summed E-state index contributed by atoms with van der Waals surface area (Å²) in [5.41, 5.74) is 0.954. The van der Waals surface area contributed by atoms with Gasteiger partial charge >= 0.3 is 0 Å². The van der Waals surface area contributed by atoms with E-state index in [4.69, 9.17) is 8.83 Å². The Labute approximate surface area is 146 Å². The van der Waals surface area contributed by atoms with Crippen molar-refractivity contribution < 1.29 is 18.4 Å². The summed E-state index contributed by atoms with van der Waals surface area (Å²) >= 11 is 0. The molecule has 0 amide bonds. The summed E-state index contributed by atoms with van der Waals surface area (Å²) in [4.78, 5) is 25.1. The average Bonchev–Trinajstić information content (AvgIpc) is 3.23. The van der Waals surface area contributed by atoms with E-state index in [0.717, 1.165) is 5.56 Å². The van der Waals surface area contributed by atoms with Crippen molar-refractivity contribution >= 4 is 11.6 Å². The lowest BCUT2D eigenvalue weighted by atomic mass is 9.88. The minimum atomic E-state index is -0.225. The fourth-order valence-corrected chi connectivity index (χ4v) is 2.85. The van der Waals surface area contributed by atoms with Crippen LogP contribution in [0, 0.1) is 13.8 Å². The first-order valence-corrected chi connectivity index (χ1v) is 8.27. The average molecular weight is 336 g/mol. The molecule has 0 saturated carbocycles. The lowest BCUT2D eigenvalue weighted by molar-refractivity contribution is 0.0914. The summed E-state index contributed by atoms with van der Waals surface area (Å²) in [7, 11) is 0. The Bertz CT molecular complexity index is 816. The van der Waals surface area contributed by atoms with Crippen molar-refractivity contribution in [2.24, 2.45) is 0 Å². The van der Waals surface area contributed by atoms with E-state index < -0.39 is 0 Å². The number of rotatable bonds is 7. The molecular weight excluding hydrogens is 316 g/mol. The molecule has 4 nitrogen and oxygen atoms in total. The van der Waals surface area contributed by atoms with Crippen LogP contribution in [0.4, 0.5) is 0 Å². The molecule has 3 rings (SSSR count). The molecule has 0 aliphatic carbocycles. The van der Waals surface area contributed by atoms with Gasteiger partial charge in [-0.2, -0.15) is 0 Å². The zero-order valence-corrected chi connectivity index (χ0v) is 14.3. The Kier molecular flexibility index (Phi) is 4.98. The number of carbonyl (C=O) groups excluding carboxylic acids is 2. The van der Waals surface area contributed by atoms with E-state index in [0.29, 0.717) is 23.0 Å². The summed E-state index contributed by atoms with van der Waals surface area (Å²) < 4.78 is 10.8. The second-order valence-corrected chi connectivity index (χ2v) is 6.18. The summed E-state index contributed by atoms with van der Waals surface area (Å²) in [6.45, 7) is 3.60. The van der Waals surface area contributed by atoms with Crippen LogP contribution in [0.3, 0.4) is 0 Å². The Balaban J connectivity index is 1.80. The van der Waals surface area contributed by atoms with Gasteiger partial charge in [0, 0.05) is 12.8 Å². The topological polar surface area (TPSA) is 60.4 Å². The highest BCUT2D eigenvalue weighted by Crippen LogP contribution is 2.28. The first-order chi connectivity index (χ1) is 12.0. The lowest BCUT2D eigenvalue weighted by Crippen LogP contribution is -2.12. The zero-order chi connectivity index (χ0) is 17.8. The highest BCUT2D eigenvalue weighted by Gasteiger charge is 2.23. The van der Waals surface area contributed by atoms with Gasteiger partial charge in [0.2, 0.25) is 0 Å². The van der Waals surface area contributed by atoms with Gasteiger partial charge in [0.05, 0.1) is 0 Å². The van der Waals surface area contributed by atoms with E-state index in [1.54, 1.807) is 38.1 Å². The van der Waals surface area contributed by atoms with Crippen LogP contribution in [0.25, 0.3) is 0 Å². The minimum absolute atomic E-state index is 0.106. The number of hydrogen-bond donors (Lipinski definition) is 0. The quantitative estimate of drug-likeness (QED) is 0.562. The lowest BCUT2D eigenvalue weighted by Gasteiger charge is -2.15. The molecule has 1 aromatic carbocycles. The van der Waals surface area contributed by atoms with Crippen molar-refractivity contribution in [2.45, 2.75) is 32.6 Å². The molecule has 25 heavy (non-hydrogen) atoms. The van der Waals surface area contributed by atoms with Crippen LogP contribution >= 0.6 is 0 Å². The van der Waals surface area contributed by atoms with Crippen molar-refractivity contribution in [2.75, 3.05) is 0 Å². The van der Waals surface area contributed by atoms with Crippen LogP contribution in [0.2, 0.25) is 0 Å². The van der Waals surface area contributed by atoms with E-state index in [-0.39, 0.29) is 30.3 Å². The molecule has 2 heterocycles. The molecule has 0 atom stereocenters. The predicted molar refractivity (Wildman–Crippen MR) is 94.0 cm³/mol. The standard InChI is InChI=1S/C21H20O4/c1-14-8-10-20(24-14)18(22)12-17(16-6-4-3-5-7-16)13-19(23)21-11-9-15(2)25-21/h3-11,17H,12-13H2,1-2H3. The number of hydrogen-bond acceptors (Lipinski definition) is 4. The van der Waals surface area contributed by atoms with E-state index in [1.807, 2.05) is 30.3 Å². The first-order valence-electron chi connectivity index (χ1n) is 8.27. The van der Waals surface area contributed by atoms with Gasteiger partial charge in [0.15, 0.2) is 23.1 Å². The van der Waals surface area contributed by atoms with Gasteiger partial charge in [-0.1, -0.05) is 30.3 Å². The highest BCUT2D eigenvalue weighted by molar-refractivity contribution is 5.96. The monoisotopic (exact) mass is 336 g/mol. The second-order valence-electron chi connectivity index (χ2n) is 6.18. The third-order valence-electron chi connectivity index (χ3n) is 4.16. The van der Waals surface area contributed by atoms with Gasteiger partial charge in [-0.3, -0.25) is 9.59 Å². The Morgan fingerprint density at radius 1 is 0.760 bits per heavy atom. The summed E-state index contributed by atoms with van der Waals surface area (Å²) in [5, 5.41) is 0. The van der Waals surface area contributed by atoms with Crippen LogP contribution in [0.5, 0.6) is 0 Å². The molecule has 128 valence electrons. The van der Waals surface area contributed by atoms with Gasteiger partial charge in [-0.05, 0) is 49.6 Å². The van der Waals surface area contributed by atoms with Crippen molar-refractivity contribution in [3.63, 3.8) is 0 Å². The molecule has 2 aromatic heterocycles. The summed E-state index contributed by atoms with van der Waals surface area (Å²) in [6.07, 6.45) is 0.421. The van der Waals surface area contributed by atoms with Crippen LogP contribution in [0.15, 0.2) is 63.4 Å². The third-order valence-corrected chi connectivity index (χ3v) is 4.16. The van der Waals surface area contributed by atoms with Gasteiger partial charge in [-0.15, -0.1) is 0 Å². The van der Waals surface area contributed by atoms with Crippen LogP contribution in [-0.4, -0.2) is 11.6 Å². The molecule has 0 N–H and O–H groups in total. The smallest absolute Gasteiger partial charge is 0.198 e. The third kappa shape index (κ3) is 4.15. The molecule has 0 fully saturated rings. The van der Waals surface area contributed by atoms with Crippen molar-refractivity contribution in [1.29, 1.82) is 0 Å². The maximum atomic E-state index is 12.5.